The average molecular weight is 487 g/mol. The summed E-state index contributed by atoms with van der Waals surface area (Å²) in [6.07, 6.45) is 12.6. The Balaban J connectivity index is 3.95. The molecular weight excluding hydrogens is 436 g/mol. The monoisotopic (exact) mass is 486 g/mol. The second-order valence-corrected chi connectivity index (χ2v) is 9.30. The van der Waals surface area contributed by atoms with Crippen LogP contribution >= 0.6 is 0 Å². The zero-order chi connectivity index (χ0) is 25.6. The van der Waals surface area contributed by atoms with Gasteiger partial charge in [0.2, 0.25) is 0 Å². The Morgan fingerprint density at radius 1 is 0.765 bits per heavy atom. The number of unbranched alkanes of at least 4 members (excludes halogenated alkanes) is 14. The molecule has 0 aliphatic carbocycles. The number of allylic oxidation sites excluding steroid dienone is 1. The van der Waals surface area contributed by atoms with E-state index in [1.165, 1.54) is 76.7 Å². The van der Waals surface area contributed by atoms with Gasteiger partial charge >= 0.3 is 5.97 Å². The number of aliphatic hydroxyl groups excluding tert-OH is 4. The number of ketones is 1. The Bertz CT molecular complexity index is 523. The van der Waals surface area contributed by atoms with Crippen molar-refractivity contribution in [1.82, 2.24) is 0 Å². The van der Waals surface area contributed by atoms with Gasteiger partial charge in [0.15, 0.2) is 11.9 Å². The van der Waals surface area contributed by atoms with Gasteiger partial charge in [-0.3, -0.25) is 9.59 Å². The molecule has 0 aliphatic heterocycles. The molecule has 34 heavy (non-hydrogen) atoms. The number of ether oxygens (including phenoxy) is 1. The van der Waals surface area contributed by atoms with Gasteiger partial charge in [-0.2, -0.15) is 0 Å². The lowest BCUT2D eigenvalue weighted by atomic mass is 9.98. The van der Waals surface area contributed by atoms with Gasteiger partial charge in [0.05, 0.1) is 6.61 Å². The van der Waals surface area contributed by atoms with E-state index in [1.54, 1.807) is 0 Å². The topological polar surface area (TPSA) is 124 Å². The minimum absolute atomic E-state index is 0.113. The second-order valence-electron chi connectivity index (χ2n) is 9.30. The number of carbonyl (C=O) groups is 2. The van der Waals surface area contributed by atoms with Crippen LogP contribution in [-0.4, -0.2) is 63.2 Å². The fraction of sp³-hybridized carbons (Fsp3) is 0.852. The van der Waals surface area contributed by atoms with Crippen LogP contribution in [0.15, 0.2) is 12.7 Å². The molecule has 7 nitrogen and oxygen atoms in total. The normalized spacial score (nSPS) is 14.9. The highest BCUT2D eigenvalue weighted by molar-refractivity contribution is 5.87. The number of aliphatic hydroxyl groups is 4. The predicted octanol–water partition coefficient (Wildman–Crippen LogP) is 4.38. The van der Waals surface area contributed by atoms with Crippen LogP contribution in [0.2, 0.25) is 0 Å². The van der Waals surface area contributed by atoms with E-state index in [9.17, 15) is 24.9 Å². The van der Waals surface area contributed by atoms with E-state index in [0.717, 1.165) is 19.3 Å². The molecule has 0 heterocycles. The highest BCUT2D eigenvalue weighted by atomic mass is 16.6. The van der Waals surface area contributed by atoms with Crippen molar-refractivity contribution in [3.8, 4) is 0 Å². The maximum atomic E-state index is 12.2. The summed E-state index contributed by atoms with van der Waals surface area (Å²) < 4.78 is 5.12. The Labute approximate surface area is 206 Å². The highest BCUT2D eigenvalue weighted by Gasteiger charge is 2.37. The molecular formula is C27H50O7. The van der Waals surface area contributed by atoms with Gasteiger partial charge in [0, 0.05) is 12.8 Å². The Hall–Kier alpha value is -1.28. The Morgan fingerprint density at radius 2 is 1.21 bits per heavy atom. The average Bonchev–Trinajstić information content (AvgIpc) is 2.83. The van der Waals surface area contributed by atoms with Crippen LogP contribution in [0, 0.1) is 0 Å². The maximum absolute atomic E-state index is 12.2. The van der Waals surface area contributed by atoms with Gasteiger partial charge in [0.25, 0.3) is 0 Å². The lowest BCUT2D eigenvalue weighted by molar-refractivity contribution is -0.172. The molecule has 4 atom stereocenters. The molecule has 0 aromatic rings. The Morgan fingerprint density at radius 3 is 1.62 bits per heavy atom. The molecule has 0 aromatic carbocycles. The quantitative estimate of drug-likeness (QED) is 0.0906. The number of hydrogen-bond donors (Lipinski definition) is 4. The highest BCUT2D eigenvalue weighted by Crippen LogP contribution is 2.16. The van der Waals surface area contributed by atoms with Crippen LogP contribution in [-0.2, 0) is 14.3 Å². The van der Waals surface area contributed by atoms with Gasteiger partial charge in [-0.1, -0.05) is 103 Å². The SMILES string of the molecule is C=CCC(=O)[C@H](OC(=O)CCCCCCCCCCCCCCCCC)[C@@H](O)[C@H](O)[C@H](O)CO. The van der Waals surface area contributed by atoms with Crippen molar-refractivity contribution in [2.75, 3.05) is 6.61 Å². The van der Waals surface area contributed by atoms with Crippen molar-refractivity contribution >= 4 is 11.8 Å². The third-order valence-electron chi connectivity index (χ3n) is 6.15. The van der Waals surface area contributed by atoms with E-state index < -0.39 is 42.8 Å². The summed E-state index contributed by atoms with van der Waals surface area (Å²) in [4.78, 5) is 24.3. The fourth-order valence-electron chi connectivity index (χ4n) is 3.94. The molecule has 0 rings (SSSR count). The minimum atomic E-state index is -1.83. The first-order valence-corrected chi connectivity index (χ1v) is 13.4. The molecule has 0 unspecified atom stereocenters. The smallest absolute Gasteiger partial charge is 0.306 e. The van der Waals surface area contributed by atoms with Gasteiger partial charge in [-0.05, 0) is 6.42 Å². The van der Waals surface area contributed by atoms with Crippen molar-refractivity contribution in [3.05, 3.63) is 12.7 Å². The number of Topliss-reactive ketones (excluding diaryl/α,β-unsaturated/α-hetero) is 1. The van der Waals surface area contributed by atoms with E-state index in [4.69, 9.17) is 9.84 Å². The van der Waals surface area contributed by atoms with Crippen LogP contribution in [0.5, 0.6) is 0 Å². The molecule has 0 saturated carbocycles. The number of hydrogen-bond acceptors (Lipinski definition) is 7. The van der Waals surface area contributed by atoms with Crippen molar-refractivity contribution in [3.63, 3.8) is 0 Å². The molecule has 0 amide bonds. The zero-order valence-electron chi connectivity index (χ0n) is 21.3. The first-order valence-electron chi connectivity index (χ1n) is 13.4. The van der Waals surface area contributed by atoms with Crippen LogP contribution < -0.4 is 0 Å². The predicted molar refractivity (Wildman–Crippen MR) is 134 cm³/mol. The molecule has 0 fully saturated rings. The number of rotatable bonds is 24. The van der Waals surface area contributed by atoms with Gasteiger partial charge < -0.3 is 25.2 Å². The summed E-state index contributed by atoms with van der Waals surface area (Å²) >= 11 is 0. The van der Waals surface area contributed by atoms with Crippen LogP contribution in [0.4, 0.5) is 0 Å². The lowest BCUT2D eigenvalue weighted by Gasteiger charge is -2.27. The van der Waals surface area contributed by atoms with Crippen LogP contribution in [0.25, 0.3) is 0 Å². The largest absolute Gasteiger partial charge is 0.451 e. The van der Waals surface area contributed by atoms with Crippen molar-refractivity contribution in [1.29, 1.82) is 0 Å². The zero-order valence-corrected chi connectivity index (χ0v) is 21.3. The maximum Gasteiger partial charge on any atom is 0.306 e. The third-order valence-corrected chi connectivity index (χ3v) is 6.15. The molecule has 0 aromatic heterocycles. The molecule has 0 bridgehead atoms. The minimum Gasteiger partial charge on any atom is -0.451 e. The summed E-state index contributed by atoms with van der Waals surface area (Å²) in [6, 6.07) is 0. The fourth-order valence-corrected chi connectivity index (χ4v) is 3.94. The van der Waals surface area contributed by atoms with Gasteiger partial charge in [0.1, 0.15) is 18.3 Å². The summed E-state index contributed by atoms with van der Waals surface area (Å²) in [5.74, 6) is -1.27. The lowest BCUT2D eigenvalue weighted by Crippen LogP contribution is -2.50. The third kappa shape index (κ3) is 16.4. The van der Waals surface area contributed by atoms with Crippen LogP contribution in [0.1, 0.15) is 116 Å². The molecule has 0 radical (unpaired) electrons. The van der Waals surface area contributed by atoms with Crippen molar-refractivity contribution in [2.24, 2.45) is 0 Å². The first kappa shape index (κ1) is 32.7. The standard InChI is InChI=1S/C27H50O7/c1-3-5-6-7-8-9-10-11-12-13-14-15-16-17-18-20-24(31)34-27(22(29)19-4-2)26(33)25(32)23(30)21-28/h4,23,25-28,30,32-33H,2-3,5-21H2,1H3/t23-,25-,26+,27+/m1/s1. The van der Waals surface area contributed by atoms with Crippen LogP contribution in [0.3, 0.4) is 0 Å². The van der Waals surface area contributed by atoms with E-state index >= 15 is 0 Å². The van der Waals surface area contributed by atoms with E-state index in [-0.39, 0.29) is 12.8 Å². The molecule has 0 spiro atoms. The summed E-state index contributed by atoms with van der Waals surface area (Å²) in [6.45, 7) is 4.89. The summed E-state index contributed by atoms with van der Waals surface area (Å²) in [5.41, 5.74) is 0. The molecule has 4 N–H and O–H groups in total. The van der Waals surface area contributed by atoms with E-state index in [2.05, 4.69) is 13.5 Å². The van der Waals surface area contributed by atoms with Gasteiger partial charge in [-0.15, -0.1) is 6.58 Å². The number of esters is 1. The van der Waals surface area contributed by atoms with E-state index in [1.807, 2.05) is 0 Å². The first-order chi connectivity index (χ1) is 16.4. The van der Waals surface area contributed by atoms with Gasteiger partial charge in [-0.25, -0.2) is 0 Å². The summed E-state index contributed by atoms with van der Waals surface area (Å²) in [5, 5.41) is 38.5. The Kier molecular flexibility index (Phi) is 21.4. The molecule has 7 heteroatoms. The summed E-state index contributed by atoms with van der Waals surface area (Å²) in [7, 11) is 0. The van der Waals surface area contributed by atoms with E-state index in [0.29, 0.717) is 6.42 Å². The molecule has 200 valence electrons. The molecule has 0 saturated heterocycles. The number of carbonyl (C=O) groups excluding carboxylic acids is 2. The second kappa shape index (κ2) is 22.2. The van der Waals surface area contributed by atoms with Crippen molar-refractivity contribution < 1.29 is 34.8 Å². The molecule has 0 aliphatic rings. The van der Waals surface area contributed by atoms with Crippen molar-refractivity contribution in [2.45, 2.75) is 140 Å².